The second-order valence-electron chi connectivity index (χ2n) is 6.49. The first-order chi connectivity index (χ1) is 13.2. The van der Waals surface area contributed by atoms with Gasteiger partial charge in [0.05, 0.1) is 21.6 Å². The molecule has 0 aliphatic carbocycles. The summed E-state index contributed by atoms with van der Waals surface area (Å²) in [6.45, 7) is 3.37. The van der Waals surface area contributed by atoms with Crippen molar-refractivity contribution in [1.82, 2.24) is 0 Å². The number of benzene rings is 2. The molecule has 1 aliphatic rings. The lowest BCUT2D eigenvalue weighted by atomic mass is 10.2. The Morgan fingerprint density at radius 2 is 2.00 bits per heavy atom. The van der Waals surface area contributed by atoms with Crippen LogP contribution in [0.3, 0.4) is 0 Å². The number of thioether (sulfide) groups is 1. The van der Waals surface area contributed by atoms with Crippen molar-refractivity contribution in [1.29, 1.82) is 0 Å². The first kappa shape index (κ1) is 20.3. The molecule has 0 saturated carbocycles. The molecule has 3 rings (SSSR count). The van der Waals surface area contributed by atoms with Crippen molar-refractivity contribution in [3.63, 3.8) is 0 Å². The monoisotopic (exact) mass is 422 g/mol. The molecule has 2 N–H and O–H groups in total. The molecule has 9 heteroatoms. The van der Waals surface area contributed by atoms with Crippen LogP contribution in [0.2, 0.25) is 0 Å². The van der Waals surface area contributed by atoms with E-state index in [2.05, 4.69) is 10.6 Å². The van der Waals surface area contributed by atoms with Crippen LogP contribution < -0.4 is 10.6 Å². The maximum absolute atomic E-state index is 13.5. The van der Waals surface area contributed by atoms with E-state index in [1.54, 1.807) is 26.0 Å². The Bertz CT molecular complexity index is 1050. The van der Waals surface area contributed by atoms with Crippen molar-refractivity contribution in [2.75, 3.05) is 16.4 Å². The first-order valence-electron chi connectivity index (χ1n) is 8.56. The maximum Gasteiger partial charge on any atom is 0.237 e. The van der Waals surface area contributed by atoms with Gasteiger partial charge in [-0.3, -0.25) is 9.59 Å². The number of aryl methyl sites for hydroxylation is 1. The number of nitrogens with one attached hydrogen (secondary N) is 2. The van der Waals surface area contributed by atoms with Crippen molar-refractivity contribution in [2.45, 2.75) is 35.3 Å². The van der Waals surface area contributed by atoms with Crippen LogP contribution in [0.15, 0.2) is 46.2 Å². The van der Waals surface area contributed by atoms with Crippen molar-refractivity contribution in [2.24, 2.45) is 0 Å². The van der Waals surface area contributed by atoms with Gasteiger partial charge in [-0.1, -0.05) is 6.07 Å². The largest absolute Gasteiger partial charge is 0.326 e. The minimum atomic E-state index is -3.72. The highest BCUT2D eigenvalue weighted by Gasteiger charge is 2.25. The summed E-state index contributed by atoms with van der Waals surface area (Å²) < 4.78 is 38.7. The fourth-order valence-corrected chi connectivity index (χ4v) is 4.81. The van der Waals surface area contributed by atoms with Gasteiger partial charge in [0.2, 0.25) is 11.8 Å². The van der Waals surface area contributed by atoms with Crippen molar-refractivity contribution < 1.29 is 22.4 Å². The number of halogens is 1. The summed E-state index contributed by atoms with van der Waals surface area (Å²) in [4.78, 5) is 24.7. The summed E-state index contributed by atoms with van der Waals surface area (Å²) in [5.41, 5.74) is 1.18. The highest BCUT2D eigenvalue weighted by atomic mass is 32.2. The molecule has 2 amide bonds. The van der Waals surface area contributed by atoms with Crippen molar-refractivity contribution in [3.8, 4) is 0 Å². The lowest BCUT2D eigenvalue weighted by molar-refractivity contribution is -0.116. The Morgan fingerprint density at radius 1 is 1.25 bits per heavy atom. The molecule has 28 heavy (non-hydrogen) atoms. The predicted octanol–water partition coefficient (Wildman–Crippen LogP) is 3.37. The van der Waals surface area contributed by atoms with Gasteiger partial charge in [0.15, 0.2) is 9.84 Å². The summed E-state index contributed by atoms with van der Waals surface area (Å²) in [5, 5.41) is 4.94. The van der Waals surface area contributed by atoms with E-state index in [1.807, 2.05) is 0 Å². The molecule has 1 heterocycles. The third-order valence-electron chi connectivity index (χ3n) is 4.29. The van der Waals surface area contributed by atoms with E-state index in [1.165, 1.54) is 36.0 Å². The Kier molecular flexibility index (Phi) is 5.76. The average Bonchev–Trinajstić information content (AvgIpc) is 2.64. The Labute approximate surface area is 166 Å². The van der Waals surface area contributed by atoms with Crippen LogP contribution in [0.25, 0.3) is 0 Å². The number of carbonyl (C=O) groups is 2. The zero-order valence-electron chi connectivity index (χ0n) is 15.3. The molecule has 2 aromatic carbocycles. The first-order valence-corrected chi connectivity index (χ1v) is 11.1. The standard InChI is InChI=1S/C19H19FN2O4S2/c1-11-3-4-13(9-15(11)20)21-18(23)7-8-28(25,26)14-5-6-17-16(10-14)22-19(24)12(2)27-17/h3-6,9-10,12H,7-8H2,1-2H3,(H,21,23)(H,22,24). The van der Waals surface area contributed by atoms with Crippen molar-refractivity contribution in [3.05, 3.63) is 47.8 Å². The molecule has 1 aliphatic heterocycles. The third-order valence-corrected chi connectivity index (χ3v) is 7.19. The second-order valence-corrected chi connectivity index (χ2v) is 9.98. The van der Waals surface area contributed by atoms with E-state index in [9.17, 15) is 22.4 Å². The molecule has 6 nitrogen and oxygen atoms in total. The van der Waals surface area contributed by atoms with Gasteiger partial charge in [-0.25, -0.2) is 12.8 Å². The third kappa shape index (κ3) is 4.53. The van der Waals surface area contributed by atoms with Crippen LogP contribution >= 0.6 is 11.8 Å². The van der Waals surface area contributed by atoms with Crippen LogP contribution in [-0.2, 0) is 19.4 Å². The van der Waals surface area contributed by atoms with E-state index in [0.717, 1.165) is 4.90 Å². The van der Waals surface area contributed by atoms with E-state index >= 15 is 0 Å². The maximum atomic E-state index is 13.5. The van der Waals surface area contributed by atoms with E-state index in [4.69, 9.17) is 0 Å². The molecule has 0 bridgehead atoms. The summed E-state index contributed by atoms with van der Waals surface area (Å²) in [6, 6.07) is 8.80. The molecule has 0 spiro atoms. The van der Waals surface area contributed by atoms with Crippen LogP contribution in [0.1, 0.15) is 18.9 Å². The smallest absolute Gasteiger partial charge is 0.237 e. The fourth-order valence-electron chi connectivity index (χ4n) is 2.62. The van der Waals surface area contributed by atoms with Gasteiger partial charge in [-0.2, -0.15) is 0 Å². The van der Waals surface area contributed by atoms with E-state index in [-0.39, 0.29) is 28.2 Å². The summed E-state index contributed by atoms with van der Waals surface area (Å²) in [6.07, 6.45) is -0.271. The van der Waals surface area contributed by atoms with Crippen LogP contribution in [0.5, 0.6) is 0 Å². The molecule has 148 valence electrons. The van der Waals surface area contributed by atoms with Crippen molar-refractivity contribution >= 4 is 44.8 Å². The van der Waals surface area contributed by atoms with Gasteiger partial charge in [-0.15, -0.1) is 11.8 Å². The highest BCUT2D eigenvalue weighted by molar-refractivity contribution is 8.01. The fraction of sp³-hybridized carbons (Fsp3) is 0.263. The number of anilines is 2. The van der Waals surface area contributed by atoms with Gasteiger partial charge in [0, 0.05) is 17.0 Å². The summed E-state index contributed by atoms with van der Waals surface area (Å²) in [5.74, 6) is -1.56. The molecule has 1 unspecified atom stereocenters. The zero-order chi connectivity index (χ0) is 20.5. The number of hydrogen-bond acceptors (Lipinski definition) is 5. The topological polar surface area (TPSA) is 92.3 Å². The minimum Gasteiger partial charge on any atom is -0.326 e. The van der Waals surface area contributed by atoms with Gasteiger partial charge in [0.1, 0.15) is 5.82 Å². The predicted molar refractivity (Wildman–Crippen MR) is 107 cm³/mol. The quantitative estimate of drug-likeness (QED) is 0.771. The highest BCUT2D eigenvalue weighted by Crippen LogP contribution is 2.36. The summed E-state index contributed by atoms with van der Waals surface area (Å²) in [7, 11) is -3.72. The van der Waals surface area contributed by atoms with E-state index in [0.29, 0.717) is 11.3 Å². The molecule has 0 radical (unpaired) electrons. The van der Waals surface area contributed by atoms with Crippen LogP contribution in [-0.4, -0.2) is 31.2 Å². The van der Waals surface area contributed by atoms with Gasteiger partial charge in [-0.05, 0) is 49.7 Å². The molecule has 2 aromatic rings. The van der Waals surface area contributed by atoms with Gasteiger partial charge >= 0.3 is 0 Å². The Hall–Kier alpha value is -2.39. The minimum absolute atomic E-state index is 0.0379. The van der Waals surface area contributed by atoms with Gasteiger partial charge in [0.25, 0.3) is 0 Å². The van der Waals surface area contributed by atoms with E-state index < -0.39 is 27.3 Å². The molecular weight excluding hydrogens is 403 g/mol. The normalized spacial score (nSPS) is 16.2. The Morgan fingerprint density at radius 3 is 2.71 bits per heavy atom. The molecular formula is C19H19FN2O4S2. The molecule has 1 atom stereocenters. The number of amides is 2. The number of carbonyl (C=O) groups excluding carboxylic acids is 2. The zero-order valence-corrected chi connectivity index (χ0v) is 16.9. The molecule has 0 aromatic heterocycles. The second kappa shape index (κ2) is 7.92. The molecule has 0 fully saturated rings. The van der Waals surface area contributed by atoms with Gasteiger partial charge < -0.3 is 10.6 Å². The number of rotatable bonds is 5. The Balaban J connectivity index is 1.67. The lowest BCUT2D eigenvalue weighted by Gasteiger charge is -2.21. The average molecular weight is 423 g/mol. The number of sulfone groups is 1. The SMILES string of the molecule is Cc1ccc(NC(=O)CCS(=O)(=O)c2ccc3c(c2)NC(=O)C(C)S3)cc1F. The molecule has 0 saturated heterocycles. The lowest BCUT2D eigenvalue weighted by Crippen LogP contribution is -2.26. The number of hydrogen-bond donors (Lipinski definition) is 2. The summed E-state index contributed by atoms with van der Waals surface area (Å²) >= 11 is 1.36. The van der Waals surface area contributed by atoms with Crippen LogP contribution in [0.4, 0.5) is 15.8 Å². The van der Waals surface area contributed by atoms with Crippen LogP contribution in [0, 0.1) is 12.7 Å². The number of fused-ring (bicyclic) bond motifs is 1.